The van der Waals surface area contributed by atoms with E-state index >= 15 is 4.57 Å². The zero-order chi connectivity index (χ0) is 22.4. The minimum absolute atomic E-state index is 0.133. The molecule has 2 atom stereocenters. The predicted octanol–water partition coefficient (Wildman–Crippen LogP) is 3.91. The van der Waals surface area contributed by atoms with Crippen LogP contribution in [0.1, 0.15) is 13.8 Å². The van der Waals surface area contributed by atoms with E-state index in [1.165, 1.54) is 0 Å². The minimum Gasteiger partial charge on any atom is -0.490 e. The number of hydrogen-bond donors (Lipinski definition) is 0. The lowest BCUT2D eigenvalue weighted by atomic mass is 10.3. The quantitative estimate of drug-likeness (QED) is 0.524. The summed E-state index contributed by atoms with van der Waals surface area (Å²) in [4.78, 5) is 0. The van der Waals surface area contributed by atoms with Gasteiger partial charge in [0.2, 0.25) is 0 Å². The van der Waals surface area contributed by atoms with E-state index in [4.69, 9.17) is 18.9 Å². The second kappa shape index (κ2) is 10.4. The van der Waals surface area contributed by atoms with Gasteiger partial charge in [-0.1, -0.05) is 54.6 Å². The largest absolute Gasteiger partial charge is 0.490 e. The molecule has 168 valence electrons. The zero-order valence-corrected chi connectivity index (χ0v) is 19.4. The van der Waals surface area contributed by atoms with Gasteiger partial charge < -0.3 is 23.5 Å². The average molecular weight is 452 g/mol. The van der Waals surface area contributed by atoms with E-state index in [1.54, 1.807) is 0 Å². The van der Waals surface area contributed by atoms with E-state index in [2.05, 4.69) is 0 Å². The van der Waals surface area contributed by atoms with Gasteiger partial charge in [0, 0.05) is 5.30 Å². The van der Waals surface area contributed by atoms with Crippen LogP contribution in [-0.2, 0) is 14.0 Å². The topological polar surface area (TPSA) is 54.0 Å². The molecule has 1 aliphatic heterocycles. The smallest absolute Gasteiger partial charge is 0.178 e. The first-order valence-corrected chi connectivity index (χ1v) is 12.6. The molecule has 1 heterocycles. The van der Waals surface area contributed by atoms with Crippen LogP contribution in [0.2, 0.25) is 0 Å². The molecule has 3 aromatic carbocycles. The van der Waals surface area contributed by atoms with Crippen molar-refractivity contribution in [2.24, 2.45) is 0 Å². The van der Waals surface area contributed by atoms with Gasteiger partial charge >= 0.3 is 0 Å². The van der Waals surface area contributed by atoms with Crippen LogP contribution in [0.4, 0.5) is 0 Å². The Morgan fingerprint density at radius 1 is 0.656 bits per heavy atom. The lowest BCUT2D eigenvalue weighted by molar-refractivity contribution is -0.0333. The van der Waals surface area contributed by atoms with Crippen LogP contribution in [0.3, 0.4) is 0 Å². The van der Waals surface area contributed by atoms with Crippen LogP contribution in [0.15, 0.2) is 78.9 Å². The molecule has 6 heteroatoms. The molecule has 4 rings (SSSR count). The summed E-state index contributed by atoms with van der Waals surface area (Å²) in [6.45, 7) is 5.54. The first-order valence-electron chi connectivity index (χ1n) is 10.9. The van der Waals surface area contributed by atoms with Gasteiger partial charge in [-0.25, -0.2) is 0 Å². The number of rotatable bonds is 1. The van der Waals surface area contributed by atoms with Crippen LogP contribution in [-0.4, -0.2) is 38.6 Å². The molecule has 0 amide bonds. The summed E-state index contributed by atoms with van der Waals surface area (Å²) in [5.41, 5.74) is 0. The van der Waals surface area contributed by atoms with Crippen molar-refractivity contribution in [2.75, 3.05) is 26.4 Å². The van der Waals surface area contributed by atoms with Crippen molar-refractivity contribution < 1.29 is 23.5 Å². The Bertz CT molecular complexity index is 1010. The summed E-state index contributed by atoms with van der Waals surface area (Å²) in [5, 5.41) is 2.02. The van der Waals surface area contributed by atoms with Crippen molar-refractivity contribution >= 4 is 23.1 Å². The SMILES string of the molecule is C[C@@H]1COc2ccccc2P(=O)(c2ccccc2)c2ccccc2OC[C@@H](C)OCCO1. The molecule has 0 aliphatic carbocycles. The summed E-state index contributed by atoms with van der Waals surface area (Å²) in [7, 11) is -3.30. The molecule has 0 spiro atoms. The van der Waals surface area contributed by atoms with E-state index in [0.29, 0.717) is 48.5 Å². The number of hydrogen-bond acceptors (Lipinski definition) is 5. The van der Waals surface area contributed by atoms with Crippen molar-refractivity contribution in [3.8, 4) is 11.5 Å². The van der Waals surface area contributed by atoms with Crippen LogP contribution in [0, 0.1) is 0 Å². The number of para-hydroxylation sites is 2. The minimum atomic E-state index is -3.30. The van der Waals surface area contributed by atoms with E-state index in [9.17, 15) is 0 Å². The fraction of sp³-hybridized carbons (Fsp3) is 0.308. The Labute approximate surface area is 189 Å². The van der Waals surface area contributed by atoms with Gasteiger partial charge in [-0.3, -0.25) is 0 Å². The van der Waals surface area contributed by atoms with Crippen molar-refractivity contribution in [1.29, 1.82) is 0 Å². The number of benzene rings is 3. The van der Waals surface area contributed by atoms with Gasteiger partial charge in [0.1, 0.15) is 24.7 Å². The Hall–Kier alpha value is -2.59. The van der Waals surface area contributed by atoms with Crippen LogP contribution in [0.25, 0.3) is 0 Å². The fourth-order valence-electron chi connectivity index (χ4n) is 3.73. The van der Waals surface area contributed by atoms with Crippen LogP contribution in [0.5, 0.6) is 11.5 Å². The third-order valence-corrected chi connectivity index (χ3v) is 8.49. The summed E-state index contributed by atoms with van der Waals surface area (Å²) < 4.78 is 39.0. The molecule has 0 saturated carbocycles. The summed E-state index contributed by atoms with van der Waals surface area (Å²) in [5.74, 6) is 1.17. The molecule has 3 aromatic rings. The highest BCUT2D eigenvalue weighted by Gasteiger charge is 2.35. The molecule has 5 nitrogen and oxygen atoms in total. The maximum atomic E-state index is 15.1. The standard InChI is InChI=1S/C26H29O5P/c1-20-18-30-23-12-6-8-14-25(23)32(27,22-10-4-3-5-11-22)26-15-9-7-13-24(26)31-19-21(2)29-17-16-28-20/h3-15,20-21H,16-19H2,1-2H3/t20-,21-/m1/s1. The highest BCUT2D eigenvalue weighted by molar-refractivity contribution is 7.85. The zero-order valence-electron chi connectivity index (χ0n) is 18.5. The van der Waals surface area contributed by atoms with Crippen molar-refractivity contribution in [3.05, 3.63) is 78.9 Å². The molecule has 0 radical (unpaired) electrons. The Morgan fingerprint density at radius 3 is 1.59 bits per heavy atom. The molecular weight excluding hydrogens is 423 g/mol. The van der Waals surface area contributed by atoms with Gasteiger partial charge in [0.25, 0.3) is 0 Å². The van der Waals surface area contributed by atoms with Crippen LogP contribution >= 0.6 is 7.14 Å². The normalized spacial score (nSPS) is 24.6. The first-order chi connectivity index (χ1) is 15.6. The Kier molecular flexibility index (Phi) is 7.31. The van der Waals surface area contributed by atoms with E-state index < -0.39 is 7.14 Å². The number of fused-ring (bicyclic) bond motifs is 2. The fourth-order valence-corrected chi connectivity index (χ4v) is 6.63. The molecule has 0 saturated heterocycles. The third kappa shape index (κ3) is 4.91. The lowest BCUT2D eigenvalue weighted by Crippen LogP contribution is -2.29. The van der Waals surface area contributed by atoms with Gasteiger partial charge in [-0.2, -0.15) is 0 Å². The molecular formula is C26H29O5P. The van der Waals surface area contributed by atoms with E-state index in [1.807, 2.05) is 92.7 Å². The molecule has 0 unspecified atom stereocenters. The summed E-state index contributed by atoms with van der Waals surface area (Å²) in [6, 6.07) is 24.6. The van der Waals surface area contributed by atoms with Gasteiger partial charge in [0.05, 0.1) is 36.0 Å². The highest BCUT2D eigenvalue weighted by atomic mass is 31.2. The predicted molar refractivity (Wildman–Crippen MR) is 128 cm³/mol. The maximum absolute atomic E-state index is 15.1. The second-order valence-corrected chi connectivity index (χ2v) is 10.6. The van der Waals surface area contributed by atoms with E-state index in [0.717, 1.165) is 5.30 Å². The van der Waals surface area contributed by atoms with Crippen molar-refractivity contribution in [2.45, 2.75) is 26.1 Å². The molecule has 0 aromatic heterocycles. The summed E-state index contributed by atoms with van der Waals surface area (Å²) in [6.07, 6.45) is -0.265. The average Bonchev–Trinajstić information content (AvgIpc) is 2.84. The maximum Gasteiger partial charge on any atom is 0.178 e. The second-order valence-electron chi connectivity index (χ2n) is 7.87. The molecule has 0 fully saturated rings. The Morgan fingerprint density at radius 2 is 1.09 bits per heavy atom. The molecule has 0 N–H and O–H groups in total. The lowest BCUT2D eigenvalue weighted by Gasteiger charge is -2.25. The molecule has 1 aliphatic rings. The van der Waals surface area contributed by atoms with Gasteiger partial charge in [-0.15, -0.1) is 0 Å². The van der Waals surface area contributed by atoms with E-state index in [-0.39, 0.29) is 12.2 Å². The molecule has 0 bridgehead atoms. The first kappa shape index (κ1) is 22.6. The third-order valence-electron chi connectivity index (χ3n) is 5.36. The van der Waals surface area contributed by atoms with Gasteiger partial charge in [0.15, 0.2) is 7.14 Å². The van der Waals surface area contributed by atoms with Gasteiger partial charge in [-0.05, 0) is 38.1 Å². The summed E-state index contributed by atoms with van der Waals surface area (Å²) >= 11 is 0. The highest BCUT2D eigenvalue weighted by Crippen LogP contribution is 2.47. The Balaban J connectivity index is 1.89. The molecule has 32 heavy (non-hydrogen) atoms. The van der Waals surface area contributed by atoms with Crippen LogP contribution < -0.4 is 25.4 Å². The van der Waals surface area contributed by atoms with Crippen molar-refractivity contribution in [1.82, 2.24) is 0 Å². The monoisotopic (exact) mass is 452 g/mol. The number of ether oxygens (including phenoxy) is 4. The van der Waals surface area contributed by atoms with Crippen molar-refractivity contribution in [3.63, 3.8) is 0 Å².